The molecule has 3 aromatic rings. The van der Waals surface area contributed by atoms with Gasteiger partial charge in [-0.15, -0.1) is 0 Å². The van der Waals surface area contributed by atoms with Gasteiger partial charge in [-0.3, -0.25) is 14.6 Å². The highest BCUT2D eigenvalue weighted by Crippen LogP contribution is 2.23. The van der Waals surface area contributed by atoms with Gasteiger partial charge in [-0.25, -0.2) is 0 Å². The molecule has 0 unspecified atom stereocenters. The van der Waals surface area contributed by atoms with Crippen molar-refractivity contribution in [3.05, 3.63) is 89.7 Å². The number of rotatable bonds is 4. The number of pyridine rings is 1. The number of benzene rings is 2. The van der Waals surface area contributed by atoms with E-state index in [1.165, 1.54) is 6.20 Å². The minimum atomic E-state index is -0.286. The van der Waals surface area contributed by atoms with Crippen LogP contribution in [0.1, 0.15) is 26.3 Å². The van der Waals surface area contributed by atoms with E-state index in [2.05, 4.69) is 15.6 Å². The first kappa shape index (κ1) is 16.4. The van der Waals surface area contributed by atoms with Crippen LogP contribution >= 0.6 is 0 Å². The van der Waals surface area contributed by atoms with Gasteiger partial charge in [0.2, 0.25) is 0 Å². The van der Waals surface area contributed by atoms with Crippen LogP contribution in [-0.4, -0.2) is 16.8 Å². The molecule has 0 saturated carbocycles. The van der Waals surface area contributed by atoms with E-state index >= 15 is 0 Å². The number of para-hydroxylation sites is 2. The SMILES string of the molecule is Cc1ccccc1C(=O)Nc1ccccc1NC(=O)c1cccnc1. The van der Waals surface area contributed by atoms with E-state index in [0.717, 1.165) is 5.56 Å². The lowest BCUT2D eigenvalue weighted by atomic mass is 10.1. The molecule has 5 heteroatoms. The summed E-state index contributed by atoms with van der Waals surface area (Å²) in [6.07, 6.45) is 3.09. The predicted octanol–water partition coefficient (Wildman–Crippen LogP) is 3.89. The van der Waals surface area contributed by atoms with Gasteiger partial charge in [-0.05, 0) is 42.8 Å². The molecule has 1 heterocycles. The fraction of sp³-hybridized carbons (Fsp3) is 0.0500. The third kappa shape index (κ3) is 3.90. The second kappa shape index (κ2) is 7.40. The van der Waals surface area contributed by atoms with E-state index in [0.29, 0.717) is 22.5 Å². The maximum absolute atomic E-state index is 12.5. The minimum absolute atomic E-state index is 0.221. The monoisotopic (exact) mass is 331 g/mol. The van der Waals surface area contributed by atoms with Crippen LogP contribution in [0.5, 0.6) is 0 Å². The maximum atomic E-state index is 12.5. The lowest BCUT2D eigenvalue weighted by molar-refractivity contribution is 0.101. The molecule has 0 spiro atoms. The number of hydrogen-bond donors (Lipinski definition) is 2. The smallest absolute Gasteiger partial charge is 0.257 e. The van der Waals surface area contributed by atoms with Gasteiger partial charge in [0.15, 0.2) is 0 Å². The Morgan fingerprint density at radius 2 is 1.44 bits per heavy atom. The van der Waals surface area contributed by atoms with Crippen LogP contribution < -0.4 is 10.6 Å². The first-order valence-electron chi connectivity index (χ1n) is 7.82. The van der Waals surface area contributed by atoms with Crippen molar-refractivity contribution in [2.45, 2.75) is 6.92 Å². The van der Waals surface area contributed by atoms with E-state index in [9.17, 15) is 9.59 Å². The van der Waals surface area contributed by atoms with Crippen molar-refractivity contribution in [2.24, 2.45) is 0 Å². The molecule has 2 aromatic carbocycles. The zero-order chi connectivity index (χ0) is 17.6. The van der Waals surface area contributed by atoms with Gasteiger partial charge in [0.25, 0.3) is 11.8 Å². The molecule has 124 valence electrons. The molecule has 0 atom stereocenters. The Morgan fingerprint density at radius 1 is 0.800 bits per heavy atom. The summed E-state index contributed by atoms with van der Waals surface area (Å²) in [7, 11) is 0. The highest BCUT2D eigenvalue weighted by atomic mass is 16.2. The summed E-state index contributed by atoms with van der Waals surface area (Å²) in [4.78, 5) is 28.8. The second-order valence-electron chi connectivity index (χ2n) is 5.51. The van der Waals surface area contributed by atoms with Crippen LogP contribution in [0.25, 0.3) is 0 Å². The Labute approximate surface area is 145 Å². The van der Waals surface area contributed by atoms with E-state index in [-0.39, 0.29) is 11.8 Å². The molecule has 0 radical (unpaired) electrons. The van der Waals surface area contributed by atoms with Crippen molar-refractivity contribution in [1.29, 1.82) is 0 Å². The van der Waals surface area contributed by atoms with Crippen LogP contribution in [0.3, 0.4) is 0 Å². The molecule has 2 N–H and O–H groups in total. The molecule has 0 aliphatic rings. The molecular formula is C20H17N3O2. The number of hydrogen-bond acceptors (Lipinski definition) is 3. The topological polar surface area (TPSA) is 71.1 Å². The third-order valence-corrected chi connectivity index (χ3v) is 3.74. The number of aromatic nitrogens is 1. The average molecular weight is 331 g/mol. The van der Waals surface area contributed by atoms with Crippen LogP contribution in [0.15, 0.2) is 73.1 Å². The molecule has 1 aromatic heterocycles. The Morgan fingerprint density at radius 3 is 2.08 bits per heavy atom. The van der Waals surface area contributed by atoms with Gasteiger partial charge in [-0.2, -0.15) is 0 Å². The molecule has 3 rings (SSSR count). The van der Waals surface area contributed by atoms with E-state index in [1.54, 1.807) is 48.7 Å². The summed E-state index contributed by atoms with van der Waals surface area (Å²) in [5.41, 5.74) is 2.99. The van der Waals surface area contributed by atoms with E-state index < -0.39 is 0 Å². The molecule has 25 heavy (non-hydrogen) atoms. The van der Waals surface area contributed by atoms with E-state index in [1.807, 2.05) is 25.1 Å². The predicted molar refractivity (Wildman–Crippen MR) is 97.8 cm³/mol. The summed E-state index contributed by atoms with van der Waals surface area (Å²) < 4.78 is 0. The molecule has 5 nitrogen and oxygen atoms in total. The van der Waals surface area contributed by atoms with Gasteiger partial charge >= 0.3 is 0 Å². The number of nitrogens with one attached hydrogen (secondary N) is 2. The van der Waals surface area contributed by atoms with Crippen molar-refractivity contribution < 1.29 is 9.59 Å². The van der Waals surface area contributed by atoms with Crippen molar-refractivity contribution in [3.63, 3.8) is 0 Å². The standard InChI is InChI=1S/C20H17N3O2/c1-14-7-2-3-9-16(14)20(25)23-18-11-5-4-10-17(18)22-19(24)15-8-6-12-21-13-15/h2-13H,1H3,(H,22,24)(H,23,25). The zero-order valence-electron chi connectivity index (χ0n) is 13.7. The molecule has 0 fully saturated rings. The normalized spacial score (nSPS) is 10.1. The molecule has 2 amide bonds. The quantitative estimate of drug-likeness (QED) is 0.762. The fourth-order valence-electron chi connectivity index (χ4n) is 2.41. The number of carbonyl (C=O) groups excluding carboxylic acids is 2. The van der Waals surface area contributed by atoms with Crippen molar-refractivity contribution in [1.82, 2.24) is 4.98 Å². The van der Waals surface area contributed by atoms with Gasteiger partial charge in [0.05, 0.1) is 16.9 Å². The Kier molecular flexibility index (Phi) is 4.85. The number of nitrogens with zero attached hydrogens (tertiary/aromatic N) is 1. The number of carbonyl (C=O) groups is 2. The highest BCUT2D eigenvalue weighted by molar-refractivity contribution is 6.10. The summed E-state index contributed by atoms with van der Waals surface area (Å²) in [6, 6.07) is 17.8. The molecular weight excluding hydrogens is 314 g/mol. The van der Waals surface area contributed by atoms with E-state index in [4.69, 9.17) is 0 Å². The summed E-state index contributed by atoms with van der Waals surface area (Å²) in [6.45, 7) is 1.88. The number of aryl methyl sites for hydroxylation is 1. The van der Waals surface area contributed by atoms with Crippen molar-refractivity contribution in [3.8, 4) is 0 Å². The Balaban J connectivity index is 1.81. The van der Waals surface area contributed by atoms with Gasteiger partial charge in [-0.1, -0.05) is 30.3 Å². The van der Waals surface area contributed by atoms with Gasteiger partial charge in [0, 0.05) is 18.0 Å². The number of anilines is 2. The largest absolute Gasteiger partial charge is 0.320 e. The number of amides is 2. The van der Waals surface area contributed by atoms with Crippen LogP contribution in [0, 0.1) is 6.92 Å². The Hall–Kier alpha value is -3.47. The van der Waals surface area contributed by atoms with Crippen LogP contribution in [-0.2, 0) is 0 Å². The van der Waals surface area contributed by atoms with Crippen LogP contribution in [0.4, 0.5) is 11.4 Å². The Bertz CT molecular complexity index is 908. The summed E-state index contributed by atoms with van der Waals surface area (Å²) in [5.74, 6) is -0.508. The molecule has 0 bridgehead atoms. The van der Waals surface area contributed by atoms with Crippen LogP contribution in [0.2, 0.25) is 0 Å². The first-order chi connectivity index (χ1) is 12.1. The maximum Gasteiger partial charge on any atom is 0.257 e. The highest BCUT2D eigenvalue weighted by Gasteiger charge is 2.13. The van der Waals surface area contributed by atoms with Crippen molar-refractivity contribution in [2.75, 3.05) is 10.6 Å². The second-order valence-corrected chi connectivity index (χ2v) is 5.51. The van der Waals surface area contributed by atoms with Gasteiger partial charge in [0.1, 0.15) is 0 Å². The van der Waals surface area contributed by atoms with Gasteiger partial charge < -0.3 is 10.6 Å². The third-order valence-electron chi connectivity index (χ3n) is 3.74. The summed E-state index contributed by atoms with van der Waals surface area (Å²) >= 11 is 0. The fourth-order valence-corrected chi connectivity index (χ4v) is 2.41. The molecule has 0 aliphatic carbocycles. The lowest BCUT2D eigenvalue weighted by Crippen LogP contribution is -2.17. The molecule has 0 saturated heterocycles. The first-order valence-corrected chi connectivity index (χ1v) is 7.82. The summed E-state index contributed by atoms with van der Waals surface area (Å²) in [5, 5.41) is 5.66. The lowest BCUT2D eigenvalue weighted by Gasteiger charge is -2.13. The zero-order valence-corrected chi connectivity index (χ0v) is 13.7. The van der Waals surface area contributed by atoms with Crippen molar-refractivity contribution >= 4 is 23.2 Å². The molecule has 0 aliphatic heterocycles. The minimum Gasteiger partial charge on any atom is -0.320 e. The average Bonchev–Trinajstić information content (AvgIpc) is 2.64.